The van der Waals surface area contributed by atoms with E-state index in [1.54, 1.807) is 0 Å². The van der Waals surface area contributed by atoms with Crippen LogP contribution in [0.25, 0.3) is 0 Å². The predicted molar refractivity (Wildman–Crippen MR) is 70.4 cm³/mol. The van der Waals surface area contributed by atoms with Gasteiger partial charge >= 0.3 is 0 Å². The van der Waals surface area contributed by atoms with Crippen LogP contribution in [-0.2, 0) is 0 Å². The van der Waals surface area contributed by atoms with Gasteiger partial charge in [0.05, 0.1) is 10.6 Å². The first-order valence-electron chi connectivity index (χ1n) is 5.42. The molecule has 0 aliphatic carbocycles. The third-order valence-corrected chi connectivity index (χ3v) is 2.75. The Hall–Kier alpha value is -2.34. The number of halogens is 3. The van der Waals surface area contributed by atoms with Crippen molar-refractivity contribution in [3.63, 3.8) is 0 Å². The first-order valence-corrected chi connectivity index (χ1v) is 5.80. The number of hydrogen-bond donors (Lipinski definition) is 2. The number of nitrogens with two attached hydrogens (primary N) is 1. The van der Waals surface area contributed by atoms with E-state index in [4.69, 9.17) is 27.3 Å². The Bertz CT molecular complexity index is 677. The smallest absolute Gasteiger partial charge is 0.176 e. The van der Waals surface area contributed by atoms with Crippen LogP contribution in [0.3, 0.4) is 0 Å². The zero-order valence-electron chi connectivity index (χ0n) is 9.98. The van der Waals surface area contributed by atoms with Crippen molar-refractivity contribution in [1.29, 1.82) is 0 Å². The number of benzene rings is 2. The van der Waals surface area contributed by atoms with E-state index < -0.39 is 17.5 Å². The number of nitrogens with zero attached hydrogens (tertiary/aromatic N) is 1. The van der Waals surface area contributed by atoms with Gasteiger partial charge in [-0.1, -0.05) is 22.8 Å². The summed E-state index contributed by atoms with van der Waals surface area (Å²) in [6.45, 7) is 0. The summed E-state index contributed by atoms with van der Waals surface area (Å²) in [6, 6.07) is 7.62. The van der Waals surface area contributed by atoms with Crippen LogP contribution in [0.1, 0.15) is 5.56 Å². The third kappa shape index (κ3) is 2.80. The maximum absolute atomic E-state index is 13.7. The summed E-state index contributed by atoms with van der Waals surface area (Å²) >= 11 is 5.62. The molecule has 0 heterocycles. The van der Waals surface area contributed by atoms with E-state index in [0.717, 1.165) is 12.1 Å². The van der Waals surface area contributed by atoms with Gasteiger partial charge in [-0.05, 0) is 24.3 Å². The quantitative estimate of drug-likeness (QED) is 0.394. The molecule has 0 amide bonds. The Kier molecular flexibility index (Phi) is 4.05. The highest BCUT2D eigenvalue weighted by Gasteiger charge is 2.15. The van der Waals surface area contributed by atoms with Gasteiger partial charge in [-0.15, -0.1) is 0 Å². The minimum atomic E-state index is -0.717. The van der Waals surface area contributed by atoms with Crippen LogP contribution in [0, 0.1) is 11.6 Å². The van der Waals surface area contributed by atoms with Crippen molar-refractivity contribution < 1.29 is 18.7 Å². The maximum atomic E-state index is 13.7. The molecule has 4 nitrogen and oxygen atoms in total. The fourth-order valence-corrected chi connectivity index (χ4v) is 1.73. The van der Waals surface area contributed by atoms with Gasteiger partial charge in [0.1, 0.15) is 23.1 Å². The molecular weight excluding hydrogens is 290 g/mol. The van der Waals surface area contributed by atoms with E-state index in [0.29, 0.717) is 0 Å². The summed E-state index contributed by atoms with van der Waals surface area (Å²) in [5.74, 6) is -1.55. The van der Waals surface area contributed by atoms with Gasteiger partial charge in [0.25, 0.3) is 0 Å². The van der Waals surface area contributed by atoms with E-state index in [2.05, 4.69) is 5.16 Å². The largest absolute Gasteiger partial charge is 0.456 e. The molecule has 0 aromatic heterocycles. The molecule has 0 unspecified atom stereocenters. The van der Waals surface area contributed by atoms with E-state index in [1.165, 1.54) is 24.3 Å². The number of oxime groups is 1. The van der Waals surface area contributed by atoms with Gasteiger partial charge in [-0.25, -0.2) is 8.78 Å². The van der Waals surface area contributed by atoms with Crippen LogP contribution < -0.4 is 10.5 Å². The average molecular weight is 299 g/mol. The summed E-state index contributed by atoms with van der Waals surface area (Å²) in [5, 5.41) is 11.3. The Labute approximate surface area is 118 Å². The number of rotatable bonds is 3. The minimum absolute atomic E-state index is 0.0166. The van der Waals surface area contributed by atoms with Gasteiger partial charge in [0.2, 0.25) is 0 Å². The molecule has 104 valence electrons. The molecule has 0 saturated heterocycles. The number of amidine groups is 1. The van der Waals surface area contributed by atoms with Gasteiger partial charge in [0.15, 0.2) is 5.84 Å². The fraction of sp³-hybridized carbons (Fsp3) is 0. The molecular formula is C13H9ClF2N2O2. The molecule has 3 N–H and O–H groups in total. The molecule has 0 aliphatic rings. The normalized spacial score (nSPS) is 11.4. The highest BCUT2D eigenvalue weighted by Crippen LogP contribution is 2.29. The molecule has 2 rings (SSSR count). The van der Waals surface area contributed by atoms with Crippen molar-refractivity contribution in [1.82, 2.24) is 0 Å². The van der Waals surface area contributed by atoms with Crippen LogP contribution >= 0.6 is 11.6 Å². The standard InChI is InChI=1S/C13H9ClF2N2O2/c14-8-6-7(4-5-9(8)15)20-11-3-1-2-10(16)12(11)13(17)18-19/h1-6,19H,(H2,17,18). The summed E-state index contributed by atoms with van der Waals surface area (Å²) in [7, 11) is 0. The highest BCUT2D eigenvalue weighted by atomic mass is 35.5. The van der Waals surface area contributed by atoms with E-state index in [1.807, 2.05) is 0 Å². The SMILES string of the molecule is NC(=NO)c1c(F)cccc1Oc1ccc(F)c(Cl)c1. The van der Waals surface area contributed by atoms with Gasteiger partial charge in [0, 0.05) is 6.07 Å². The second-order valence-corrected chi connectivity index (χ2v) is 4.18. The van der Waals surface area contributed by atoms with Gasteiger partial charge < -0.3 is 15.7 Å². The molecule has 0 bridgehead atoms. The summed E-state index contributed by atoms with van der Waals surface area (Å²) in [5.41, 5.74) is 5.20. The summed E-state index contributed by atoms with van der Waals surface area (Å²) in [6.07, 6.45) is 0. The minimum Gasteiger partial charge on any atom is -0.456 e. The van der Waals surface area contributed by atoms with Crippen LogP contribution in [0.5, 0.6) is 11.5 Å². The lowest BCUT2D eigenvalue weighted by molar-refractivity contribution is 0.318. The van der Waals surface area contributed by atoms with Gasteiger partial charge in [-0.2, -0.15) is 0 Å². The average Bonchev–Trinajstić information content (AvgIpc) is 2.42. The molecule has 2 aromatic rings. The Balaban J connectivity index is 2.43. The second-order valence-electron chi connectivity index (χ2n) is 3.78. The van der Waals surface area contributed by atoms with Crippen LogP contribution in [0.2, 0.25) is 5.02 Å². The molecule has 7 heteroatoms. The molecule has 0 spiro atoms. The summed E-state index contributed by atoms with van der Waals surface area (Å²) < 4.78 is 32.1. The molecule has 0 atom stereocenters. The van der Waals surface area contributed by atoms with E-state index >= 15 is 0 Å². The lowest BCUT2D eigenvalue weighted by atomic mass is 10.1. The fourth-order valence-electron chi connectivity index (χ4n) is 1.56. The molecule has 2 aromatic carbocycles. The molecule has 0 radical (unpaired) electrons. The van der Waals surface area contributed by atoms with Crippen molar-refractivity contribution in [3.8, 4) is 11.5 Å². The van der Waals surface area contributed by atoms with E-state index in [-0.39, 0.29) is 22.1 Å². The summed E-state index contributed by atoms with van der Waals surface area (Å²) in [4.78, 5) is 0. The Morgan fingerprint density at radius 2 is 1.95 bits per heavy atom. The van der Waals surface area contributed by atoms with Crippen molar-refractivity contribution in [2.75, 3.05) is 0 Å². The van der Waals surface area contributed by atoms with Crippen molar-refractivity contribution in [2.45, 2.75) is 0 Å². The van der Waals surface area contributed by atoms with Crippen LogP contribution in [0.4, 0.5) is 8.78 Å². The topological polar surface area (TPSA) is 67.8 Å². The Morgan fingerprint density at radius 3 is 2.60 bits per heavy atom. The third-order valence-electron chi connectivity index (χ3n) is 2.46. The predicted octanol–water partition coefficient (Wildman–Crippen LogP) is 3.51. The maximum Gasteiger partial charge on any atom is 0.176 e. The highest BCUT2D eigenvalue weighted by molar-refractivity contribution is 6.30. The first-order chi connectivity index (χ1) is 9.52. The number of ether oxygens (including phenoxy) is 1. The monoisotopic (exact) mass is 298 g/mol. The van der Waals surface area contributed by atoms with Crippen LogP contribution in [-0.4, -0.2) is 11.0 Å². The molecule has 0 aliphatic heterocycles. The lowest BCUT2D eigenvalue weighted by Crippen LogP contribution is -2.16. The molecule has 0 saturated carbocycles. The zero-order chi connectivity index (χ0) is 14.7. The zero-order valence-corrected chi connectivity index (χ0v) is 10.7. The van der Waals surface area contributed by atoms with Crippen molar-refractivity contribution in [2.24, 2.45) is 10.9 Å². The Morgan fingerprint density at radius 1 is 1.20 bits per heavy atom. The van der Waals surface area contributed by atoms with E-state index in [9.17, 15) is 8.78 Å². The van der Waals surface area contributed by atoms with Crippen molar-refractivity contribution >= 4 is 17.4 Å². The molecule has 20 heavy (non-hydrogen) atoms. The van der Waals surface area contributed by atoms with Crippen LogP contribution in [0.15, 0.2) is 41.6 Å². The molecule has 0 fully saturated rings. The first kappa shape index (κ1) is 14.1. The lowest BCUT2D eigenvalue weighted by Gasteiger charge is -2.11. The second kappa shape index (κ2) is 5.75. The number of hydrogen-bond acceptors (Lipinski definition) is 3. The van der Waals surface area contributed by atoms with Gasteiger partial charge in [-0.3, -0.25) is 0 Å². The van der Waals surface area contributed by atoms with Crippen molar-refractivity contribution in [3.05, 3.63) is 58.6 Å².